The van der Waals surface area contributed by atoms with Gasteiger partial charge in [-0.3, -0.25) is 9.59 Å². The largest absolute Gasteiger partial charge is 0.497 e. The number of carbonyl (C=O) groups excluding carboxylic acids is 2. The Morgan fingerprint density at radius 1 is 1.00 bits per heavy atom. The quantitative estimate of drug-likeness (QED) is 0.518. The zero-order valence-corrected chi connectivity index (χ0v) is 19.7. The van der Waals surface area contributed by atoms with Crippen LogP contribution in [0.3, 0.4) is 0 Å². The molecule has 3 rings (SSSR count). The summed E-state index contributed by atoms with van der Waals surface area (Å²) >= 11 is 0. The Balaban J connectivity index is 1.41. The summed E-state index contributed by atoms with van der Waals surface area (Å²) in [6.07, 6.45) is 2.83. The minimum atomic E-state index is -3.53. The van der Waals surface area contributed by atoms with E-state index >= 15 is 0 Å². The topological polar surface area (TPSA) is 114 Å². The lowest BCUT2D eigenvalue weighted by Gasteiger charge is -2.28. The smallest absolute Gasteiger partial charge is 0.246 e. The highest BCUT2D eigenvalue weighted by Crippen LogP contribution is 2.29. The second-order valence-corrected chi connectivity index (χ2v) is 10.1. The van der Waals surface area contributed by atoms with Crippen molar-refractivity contribution in [1.82, 2.24) is 10.0 Å². The minimum Gasteiger partial charge on any atom is -0.497 e. The first-order chi connectivity index (χ1) is 15.8. The molecule has 1 fully saturated rings. The average molecular weight is 474 g/mol. The molecule has 0 bridgehead atoms. The van der Waals surface area contributed by atoms with Gasteiger partial charge in [-0.1, -0.05) is 18.2 Å². The Morgan fingerprint density at radius 3 is 2.24 bits per heavy atom. The third kappa shape index (κ3) is 7.03. The molecule has 2 aromatic carbocycles. The predicted octanol–water partition coefficient (Wildman–Crippen LogP) is 2.92. The Hall–Kier alpha value is -2.91. The maximum atomic E-state index is 12.6. The fourth-order valence-corrected chi connectivity index (χ4v) is 5.00. The molecule has 3 N–H and O–H groups in total. The average Bonchev–Trinajstić information content (AvgIpc) is 2.84. The summed E-state index contributed by atoms with van der Waals surface area (Å²) < 4.78 is 32.5. The molecule has 178 valence electrons. The maximum Gasteiger partial charge on any atom is 0.246 e. The van der Waals surface area contributed by atoms with E-state index in [0.29, 0.717) is 30.8 Å². The molecule has 0 aromatic heterocycles. The molecule has 0 heterocycles. The number of sulfonamides is 1. The van der Waals surface area contributed by atoms with E-state index in [1.165, 1.54) is 0 Å². The van der Waals surface area contributed by atoms with Crippen LogP contribution in [0.2, 0.25) is 0 Å². The van der Waals surface area contributed by atoms with Gasteiger partial charge in [0, 0.05) is 18.2 Å². The number of nitrogens with one attached hydrogen (secondary N) is 3. The highest BCUT2D eigenvalue weighted by atomic mass is 32.2. The molecule has 0 saturated heterocycles. The van der Waals surface area contributed by atoms with Crippen molar-refractivity contribution in [2.75, 3.05) is 19.0 Å². The predicted molar refractivity (Wildman–Crippen MR) is 126 cm³/mol. The molecule has 1 saturated carbocycles. The number of benzene rings is 2. The fourth-order valence-electron chi connectivity index (χ4n) is 3.86. The van der Waals surface area contributed by atoms with Crippen molar-refractivity contribution in [1.29, 1.82) is 0 Å². The van der Waals surface area contributed by atoms with Gasteiger partial charge in [-0.25, -0.2) is 13.1 Å². The van der Waals surface area contributed by atoms with Gasteiger partial charge in [0.1, 0.15) is 11.8 Å². The van der Waals surface area contributed by atoms with Gasteiger partial charge in [-0.2, -0.15) is 0 Å². The van der Waals surface area contributed by atoms with E-state index in [0.717, 1.165) is 12.8 Å². The van der Waals surface area contributed by atoms with Crippen molar-refractivity contribution in [2.45, 2.75) is 43.5 Å². The molecule has 1 aliphatic rings. The van der Waals surface area contributed by atoms with E-state index in [1.54, 1.807) is 68.6 Å². The number of hydrogen-bond donors (Lipinski definition) is 3. The lowest BCUT2D eigenvalue weighted by Crippen LogP contribution is -2.45. The van der Waals surface area contributed by atoms with Gasteiger partial charge >= 0.3 is 0 Å². The summed E-state index contributed by atoms with van der Waals surface area (Å²) in [6, 6.07) is 14.6. The summed E-state index contributed by atoms with van der Waals surface area (Å²) in [5, 5.41) is 5.58. The van der Waals surface area contributed by atoms with Crippen molar-refractivity contribution in [3.63, 3.8) is 0 Å². The first kappa shape index (κ1) is 24.7. The molecule has 8 nitrogen and oxygen atoms in total. The number of carbonyl (C=O) groups is 2. The van der Waals surface area contributed by atoms with Gasteiger partial charge in [0.25, 0.3) is 0 Å². The van der Waals surface area contributed by atoms with Gasteiger partial charge in [0.05, 0.1) is 12.0 Å². The van der Waals surface area contributed by atoms with Crippen LogP contribution in [0.4, 0.5) is 5.69 Å². The van der Waals surface area contributed by atoms with Crippen LogP contribution >= 0.6 is 0 Å². The monoisotopic (exact) mass is 473 g/mol. The van der Waals surface area contributed by atoms with Gasteiger partial charge in [0.2, 0.25) is 21.8 Å². The number of methoxy groups -OCH3 is 1. The molecule has 0 radical (unpaired) electrons. The van der Waals surface area contributed by atoms with E-state index in [9.17, 15) is 18.0 Å². The highest BCUT2D eigenvalue weighted by Gasteiger charge is 2.29. The molecule has 2 amide bonds. The third-order valence-electron chi connectivity index (χ3n) is 5.94. The van der Waals surface area contributed by atoms with Crippen molar-refractivity contribution in [2.24, 2.45) is 11.8 Å². The lowest BCUT2D eigenvalue weighted by atomic mass is 9.81. The number of anilines is 1. The van der Waals surface area contributed by atoms with Crippen LogP contribution in [0.25, 0.3) is 0 Å². The first-order valence-electron chi connectivity index (χ1n) is 11.1. The highest BCUT2D eigenvalue weighted by molar-refractivity contribution is 7.89. The summed E-state index contributed by atoms with van der Waals surface area (Å²) in [7, 11) is -1.95. The SMILES string of the molecule is COc1ccc(NC(=O)C(C)NC(=O)C2CCC(CNS(=O)(=O)c3ccccc3)CC2)cc1. The van der Waals surface area contributed by atoms with Crippen LogP contribution in [0.15, 0.2) is 59.5 Å². The van der Waals surface area contributed by atoms with Gasteiger partial charge in [-0.15, -0.1) is 0 Å². The molecular weight excluding hydrogens is 442 g/mol. The summed E-state index contributed by atoms with van der Waals surface area (Å²) in [5.41, 5.74) is 0.625. The van der Waals surface area contributed by atoms with Crippen molar-refractivity contribution < 1.29 is 22.7 Å². The summed E-state index contributed by atoms with van der Waals surface area (Å²) in [5.74, 6) is 0.262. The van der Waals surface area contributed by atoms with Gasteiger partial charge in [0.15, 0.2) is 0 Å². The molecule has 0 spiro atoms. The summed E-state index contributed by atoms with van der Waals surface area (Å²) in [6.45, 7) is 2.01. The standard InChI is InChI=1S/C24H31N3O5S/c1-17(23(28)27-20-12-14-21(32-2)15-13-20)26-24(29)19-10-8-18(9-11-19)16-25-33(30,31)22-6-4-3-5-7-22/h3-7,12-15,17-19,25H,8-11,16H2,1-2H3,(H,26,29)(H,27,28). The maximum absolute atomic E-state index is 12.6. The normalized spacial score (nSPS) is 19.3. The van der Waals surface area contributed by atoms with Crippen molar-refractivity contribution >= 4 is 27.5 Å². The Kier molecular flexibility index (Phi) is 8.46. The minimum absolute atomic E-state index is 0.143. The van der Waals surface area contributed by atoms with E-state index < -0.39 is 16.1 Å². The molecule has 1 aliphatic carbocycles. The molecule has 0 aliphatic heterocycles. The number of rotatable bonds is 9. The van der Waals surface area contributed by atoms with E-state index in [2.05, 4.69) is 15.4 Å². The fraction of sp³-hybridized carbons (Fsp3) is 0.417. The molecular formula is C24H31N3O5S. The molecule has 9 heteroatoms. The number of amides is 2. The molecule has 1 atom stereocenters. The van der Waals surface area contributed by atoms with Gasteiger partial charge < -0.3 is 15.4 Å². The van der Waals surface area contributed by atoms with Crippen LogP contribution in [0.1, 0.15) is 32.6 Å². The number of hydrogen-bond acceptors (Lipinski definition) is 5. The van der Waals surface area contributed by atoms with Crippen LogP contribution in [0.5, 0.6) is 5.75 Å². The second-order valence-electron chi connectivity index (χ2n) is 8.33. The lowest BCUT2D eigenvalue weighted by molar-refractivity contribution is -0.129. The Morgan fingerprint density at radius 2 is 1.64 bits per heavy atom. The molecule has 33 heavy (non-hydrogen) atoms. The summed E-state index contributed by atoms with van der Waals surface area (Å²) in [4.78, 5) is 25.3. The van der Waals surface area contributed by atoms with Gasteiger partial charge in [-0.05, 0) is 74.9 Å². The third-order valence-corrected chi connectivity index (χ3v) is 7.38. The first-order valence-corrected chi connectivity index (χ1v) is 12.6. The van der Waals surface area contributed by atoms with Crippen LogP contribution in [-0.2, 0) is 19.6 Å². The van der Waals surface area contributed by atoms with E-state index in [4.69, 9.17) is 4.74 Å². The van der Waals surface area contributed by atoms with E-state index in [1.807, 2.05) is 0 Å². The van der Waals surface area contributed by atoms with Crippen LogP contribution in [-0.4, -0.2) is 39.9 Å². The Labute approximate surface area is 195 Å². The number of ether oxygens (including phenoxy) is 1. The van der Waals surface area contributed by atoms with E-state index in [-0.39, 0.29) is 28.5 Å². The molecule has 2 aromatic rings. The zero-order chi connectivity index (χ0) is 23.8. The Bertz CT molecular complexity index is 1030. The molecule has 1 unspecified atom stereocenters. The van der Waals surface area contributed by atoms with Crippen molar-refractivity contribution in [3.05, 3.63) is 54.6 Å². The van der Waals surface area contributed by atoms with Crippen LogP contribution in [0, 0.1) is 11.8 Å². The second kappa shape index (κ2) is 11.3. The zero-order valence-electron chi connectivity index (χ0n) is 18.9. The van der Waals surface area contributed by atoms with Crippen molar-refractivity contribution in [3.8, 4) is 5.75 Å². The van der Waals surface area contributed by atoms with Crippen LogP contribution < -0.4 is 20.1 Å².